The van der Waals surface area contributed by atoms with Gasteiger partial charge in [0.25, 0.3) is 11.8 Å². The van der Waals surface area contributed by atoms with E-state index in [4.69, 9.17) is 4.52 Å². The van der Waals surface area contributed by atoms with Crippen LogP contribution in [-0.2, 0) is 10.3 Å². The van der Waals surface area contributed by atoms with Crippen LogP contribution in [0.15, 0.2) is 71.3 Å². The summed E-state index contributed by atoms with van der Waals surface area (Å²) < 4.78 is 18.7. The Bertz CT molecular complexity index is 1410. The lowest BCUT2D eigenvalue weighted by atomic mass is 9.92. The van der Waals surface area contributed by atoms with Crippen molar-refractivity contribution in [3.05, 3.63) is 83.7 Å². The Morgan fingerprint density at radius 3 is 2.42 bits per heavy atom. The fraction of sp³-hybridized carbons (Fsp3) is 0.0833. The Kier molecular flexibility index (Phi) is 4.67. The van der Waals surface area contributed by atoms with Gasteiger partial charge in [-0.05, 0) is 67.1 Å². The van der Waals surface area contributed by atoms with Crippen LogP contribution in [0.4, 0.5) is 14.9 Å². The molecule has 164 valence electrons. The maximum atomic E-state index is 13.3. The van der Waals surface area contributed by atoms with Gasteiger partial charge in [0, 0.05) is 16.8 Å². The number of fused-ring (bicyclic) bond motifs is 1. The monoisotopic (exact) mass is 444 g/mol. The average molecular weight is 444 g/mol. The van der Waals surface area contributed by atoms with Gasteiger partial charge >= 0.3 is 6.03 Å². The lowest BCUT2D eigenvalue weighted by Crippen LogP contribution is -2.40. The third-order valence-corrected chi connectivity index (χ3v) is 5.61. The molecule has 0 aliphatic carbocycles. The van der Waals surface area contributed by atoms with Crippen molar-refractivity contribution in [2.24, 2.45) is 0 Å². The molecule has 9 heteroatoms. The van der Waals surface area contributed by atoms with E-state index in [1.807, 2.05) is 0 Å². The molecule has 1 aromatic heterocycles. The first-order chi connectivity index (χ1) is 15.8. The van der Waals surface area contributed by atoms with Crippen LogP contribution >= 0.6 is 0 Å². The molecule has 1 fully saturated rings. The van der Waals surface area contributed by atoms with E-state index in [9.17, 15) is 18.8 Å². The van der Waals surface area contributed by atoms with Gasteiger partial charge in [-0.2, -0.15) is 0 Å². The highest BCUT2D eigenvalue weighted by Crippen LogP contribution is 2.30. The van der Waals surface area contributed by atoms with Crippen molar-refractivity contribution < 1.29 is 23.3 Å². The van der Waals surface area contributed by atoms with E-state index in [0.29, 0.717) is 39.0 Å². The SMILES string of the molecule is CC1(c2ccc(NC(=O)c3ccc4noc(-c5ccc(F)cc5)c4c3)cc2)NC(=O)NC1=O. The summed E-state index contributed by atoms with van der Waals surface area (Å²) in [4.78, 5) is 36.4. The van der Waals surface area contributed by atoms with Gasteiger partial charge in [0.1, 0.15) is 16.9 Å². The number of carbonyl (C=O) groups is 3. The van der Waals surface area contributed by atoms with Gasteiger partial charge in [0.15, 0.2) is 5.76 Å². The first kappa shape index (κ1) is 20.4. The average Bonchev–Trinajstić information content (AvgIpc) is 3.34. The highest BCUT2D eigenvalue weighted by Gasteiger charge is 2.43. The number of hydrogen-bond donors (Lipinski definition) is 3. The Hall–Kier alpha value is -4.53. The second-order valence-electron chi connectivity index (χ2n) is 7.82. The first-order valence-electron chi connectivity index (χ1n) is 10.0. The number of anilines is 1. The van der Waals surface area contributed by atoms with Crippen LogP contribution in [0.3, 0.4) is 0 Å². The molecular weight excluding hydrogens is 427 g/mol. The molecule has 1 aliphatic heterocycles. The standard InChI is InChI=1S/C24H17FN4O4/c1-24(22(31)27-23(32)28-24)15-5-9-17(10-6-15)26-21(30)14-4-11-19-18(12-14)20(33-29-19)13-2-7-16(25)8-3-13/h2-12H,1H3,(H,26,30)(H2,27,28,31,32). The largest absolute Gasteiger partial charge is 0.355 e. The number of halogens is 1. The summed E-state index contributed by atoms with van der Waals surface area (Å²) in [5.74, 6) is -0.718. The fourth-order valence-electron chi connectivity index (χ4n) is 3.73. The van der Waals surface area contributed by atoms with Crippen LogP contribution in [0.1, 0.15) is 22.8 Å². The summed E-state index contributed by atoms with van der Waals surface area (Å²) in [6.45, 7) is 1.60. The molecule has 2 heterocycles. The predicted molar refractivity (Wildman–Crippen MR) is 118 cm³/mol. The van der Waals surface area contributed by atoms with Crippen molar-refractivity contribution in [3.63, 3.8) is 0 Å². The normalized spacial score (nSPS) is 17.6. The lowest BCUT2D eigenvalue weighted by Gasteiger charge is -2.21. The van der Waals surface area contributed by atoms with Gasteiger partial charge < -0.3 is 15.2 Å². The summed E-state index contributed by atoms with van der Waals surface area (Å²) >= 11 is 0. The topological polar surface area (TPSA) is 113 Å². The number of nitrogens with zero attached hydrogens (tertiary/aromatic N) is 1. The number of urea groups is 1. The first-order valence-corrected chi connectivity index (χ1v) is 10.0. The number of aromatic nitrogens is 1. The fourth-order valence-corrected chi connectivity index (χ4v) is 3.73. The Morgan fingerprint density at radius 2 is 1.76 bits per heavy atom. The number of imide groups is 1. The molecule has 0 spiro atoms. The van der Waals surface area contributed by atoms with Crippen molar-refractivity contribution in [2.45, 2.75) is 12.5 Å². The minimum Gasteiger partial charge on any atom is -0.355 e. The number of hydrogen-bond acceptors (Lipinski definition) is 5. The van der Waals surface area contributed by atoms with Crippen LogP contribution in [-0.4, -0.2) is 23.0 Å². The highest BCUT2D eigenvalue weighted by atomic mass is 19.1. The highest BCUT2D eigenvalue weighted by molar-refractivity contribution is 6.08. The van der Waals surface area contributed by atoms with E-state index < -0.39 is 17.5 Å². The van der Waals surface area contributed by atoms with Crippen molar-refractivity contribution in [1.29, 1.82) is 0 Å². The quantitative estimate of drug-likeness (QED) is 0.413. The molecule has 1 aliphatic rings. The third kappa shape index (κ3) is 3.59. The molecule has 0 bridgehead atoms. The summed E-state index contributed by atoms with van der Waals surface area (Å²) in [6.07, 6.45) is 0. The third-order valence-electron chi connectivity index (χ3n) is 5.61. The molecule has 3 N–H and O–H groups in total. The molecule has 8 nitrogen and oxygen atoms in total. The number of rotatable bonds is 4. The minimum absolute atomic E-state index is 0.353. The van der Waals surface area contributed by atoms with Crippen molar-refractivity contribution in [2.75, 3.05) is 5.32 Å². The Labute approximate surface area is 186 Å². The molecule has 1 saturated heterocycles. The molecule has 5 rings (SSSR count). The molecule has 0 saturated carbocycles. The molecule has 0 radical (unpaired) electrons. The van der Waals surface area contributed by atoms with Gasteiger partial charge in [0.2, 0.25) is 0 Å². The van der Waals surface area contributed by atoms with Crippen molar-refractivity contribution >= 4 is 34.4 Å². The molecule has 33 heavy (non-hydrogen) atoms. The zero-order valence-electron chi connectivity index (χ0n) is 17.3. The van der Waals surface area contributed by atoms with Crippen molar-refractivity contribution in [1.82, 2.24) is 15.8 Å². The van der Waals surface area contributed by atoms with Crippen LogP contribution in [0.2, 0.25) is 0 Å². The maximum absolute atomic E-state index is 13.3. The van der Waals surface area contributed by atoms with Crippen LogP contribution in [0.5, 0.6) is 0 Å². The number of benzene rings is 3. The molecule has 1 atom stereocenters. The van der Waals surface area contributed by atoms with Crippen LogP contribution < -0.4 is 16.0 Å². The van der Waals surface area contributed by atoms with E-state index in [0.717, 1.165) is 0 Å². The summed E-state index contributed by atoms with van der Waals surface area (Å²) in [5.41, 5.74) is 1.52. The predicted octanol–water partition coefficient (Wildman–Crippen LogP) is 3.94. The molecule has 3 aromatic carbocycles. The molecule has 4 amide bonds. The molecule has 4 aromatic rings. The molecular formula is C24H17FN4O4. The Morgan fingerprint density at radius 1 is 1.03 bits per heavy atom. The maximum Gasteiger partial charge on any atom is 0.322 e. The van der Waals surface area contributed by atoms with Gasteiger partial charge in [-0.15, -0.1) is 0 Å². The lowest BCUT2D eigenvalue weighted by molar-refractivity contribution is -0.123. The van der Waals surface area contributed by atoms with E-state index in [1.54, 1.807) is 61.5 Å². The zero-order valence-corrected chi connectivity index (χ0v) is 17.3. The smallest absolute Gasteiger partial charge is 0.322 e. The second-order valence-corrected chi connectivity index (χ2v) is 7.82. The van der Waals surface area contributed by atoms with Gasteiger partial charge in [-0.1, -0.05) is 17.3 Å². The number of carbonyl (C=O) groups excluding carboxylic acids is 3. The van der Waals surface area contributed by atoms with Gasteiger partial charge in [-0.25, -0.2) is 9.18 Å². The number of amides is 4. The number of nitrogens with one attached hydrogen (secondary N) is 3. The summed E-state index contributed by atoms with van der Waals surface area (Å²) in [5, 5.41) is 12.2. The summed E-state index contributed by atoms with van der Waals surface area (Å²) in [7, 11) is 0. The zero-order chi connectivity index (χ0) is 23.2. The molecule has 1 unspecified atom stereocenters. The van der Waals surface area contributed by atoms with E-state index in [2.05, 4.69) is 21.1 Å². The van der Waals surface area contributed by atoms with Crippen molar-refractivity contribution in [3.8, 4) is 11.3 Å². The summed E-state index contributed by atoms with van der Waals surface area (Å²) in [6, 6.07) is 16.8. The van der Waals surface area contributed by atoms with Crippen LogP contribution in [0.25, 0.3) is 22.2 Å². The Balaban J connectivity index is 1.38. The van der Waals surface area contributed by atoms with E-state index >= 15 is 0 Å². The minimum atomic E-state index is -1.17. The van der Waals surface area contributed by atoms with E-state index in [-0.39, 0.29) is 11.7 Å². The van der Waals surface area contributed by atoms with Crippen LogP contribution in [0, 0.1) is 5.82 Å². The van der Waals surface area contributed by atoms with Gasteiger partial charge in [0.05, 0.1) is 5.39 Å². The van der Waals surface area contributed by atoms with E-state index in [1.165, 1.54) is 12.1 Å². The van der Waals surface area contributed by atoms with Gasteiger partial charge in [-0.3, -0.25) is 14.9 Å². The second kappa shape index (κ2) is 7.56.